The summed E-state index contributed by atoms with van der Waals surface area (Å²) in [5.41, 5.74) is 0.666. The molecule has 1 N–H and O–H groups in total. The first kappa shape index (κ1) is 14.3. The Kier molecular flexibility index (Phi) is 4.24. The highest BCUT2D eigenvalue weighted by atomic mass is 16.5. The van der Waals surface area contributed by atoms with Crippen LogP contribution in [0.4, 0.5) is 0 Å². The molecule has 6 heteroatoms. The Morgan fingerprint density at radius 3 is 2.55 bits per heavy atom. The average Bonchev–Trinajstić information content (AvgIpc) is 2.76. The second-order valence-electron chi connectivity index (χ2n) is 4.51. The van der Waals surface area contributed by atoms with Crippen molar-refractivity contribution in [1.82, 2.24) is 14.8 Å². The second-order valence-corrected chi connectivity index (χ2v) is 4.51. The average molecular weight is 277 g/mol. The van der Waals surface area contributed by atoms with Crippen molar-refractivity contribution in [2.75, 3.05) is 14.2 Å². The van der Waals surface area contributed by atoms with Gasteiger partial charge in [-0.3, -0.25) is 0 Å². The third-order valence-corrected chi connectivity index (χ3v) is 3.10. The number of rotatable bonds is 5. The second kappa shape index (κ2) is 5.92. The van der Waals surface area contributed by atoms with Gasteiger partial charge in [0.2, 0.25) is 0 Å². The Morgan fingerprint density at radius 2 is 2.00 bits per heavy atom. The van der Waals surface area contributed by atoms with E-state index in [2.05, 4.69) is 10.1 Å². The molecule has 0 saturated heterocycles. The highest BCUT2D eigenvalue weighted by Crippen LogP contribution is 2.30. The smallest absolute Gasteiger partial charge is 0.147 e. The Balaban J connectivity index is 2.28. The lowest BCUT2D eigenvalue weighted by Crippen LogP contribution is -2.12. The zero-order valence-electron chi connectivity index (χ0n) is 12.1. The van der Waals surface area contributed by atoms with E-state index in [1.807, 2.05) is 13.8 Å². The first-order chi connectivity index (χ1) is 9.55. The highest BCUT2D eigenvalue weighted by Gasteiger charge is 2.17. The number of aromatic nitrogens is 3. The monoisotopic (exact) mass is 277 g/mol. The molecule has 1 heterocycles. The topological polar surface area (TPSA) is 69.4 Å². The Labute approximate surface area is 118 Å². The molecular weight excluding hydrogens is 258 g/mol. The molecule has 6 nitrogen and oxygen atoms in total. The van der Waals surface area contributed by atoms with Crippen LogP contribution < -0.4 is 9.47 Å². The van der Waals surface area contributed by atoms with Gasteiger partial charge in [-0.05, 0) is 32.0 Å². The number of nitrogens with zero attached hydrogens (tertiary/aromatic N) is 3. The molecule has 20 heavy (non-hydrogen) atoms. The maximum absolute atomic E-state index is 10.4. The van der Waals surface area contributed by atoms with Crippen molar-refractivity contribution in [3.8, 4) is 11.5 Å². The molecule has 0 aliphatic rings. The van der Waals surface area contributed by atoms with Gasteiger partial charge in [0.1, 0.15) is 29.3 Å². The van der Waals surface area contributed by atoms with E-state index in [0.717, 1.165) is 5.82 Å². The quantitative estimate of drug-likeness (QED) is 0.900. The van der Waals surface area contributed by atoms with Gasteiger partial charge < -0.3 is 14.6 Å². The number of methoxy groups -OCH3 is 2. The van der Waals surface area contributed by atoms with Crippen LogP contribution >= 0.6 is 0 Å². The summed E-state index contributed by atoms with van der Waals surface area (Å²) in [5.74, 6) is 2.75. The fraction of sp³-hybridized carbons (Fsp3) is 0.429. The number of aliphatic hydroxyl groups excluding tert-OH is 1. The maximum atomic E-state index is 10.4. The van der Waals surface area contributed by atoms with Crippen LogP contribution in [0.1, 0.15) is 23.3 Å². The number of benzene rings is 1. The number of ether oxygens (including phenoxy) is 2. The van der Waals surface area contributed by atoms with E-state index < -0.39 is 6.10 Å². The lowest BCUT2D eigenvalue weighted by Gasteiger charge is -2.16. The zero-order chi connectivity index (χ0) is 14.7. The summed E-state index contributed by atoms with van der Waals surface area (Å²) in [7, 11) is 3.16. The number of hydrogen-bond acceptors (Lipinski definition) is 5. The summed E-state index contributed by atoms with van der Waals surface area (Å²) in [6.45, 7) is 3.99. The van der Waals surface area contributed by atoms with E-state index in [1.54, 1.807) is 37.1 Å². The fourth-order valence-electron chi connectivity index (χ4n) is 2.10. The standard InChI is InChI=1S/C14H19N3O3/c1-9-15-10(2)17(16-9)8-13(18)12-7-11(19-3)5-6-14(12)20-4/h5-7,13,18H,8H2,1-4H3. The minimum absolute atomic E-state index is 0.316. The first-order valence-electron chi connectivity index (χ1n) is 6.33. The van der Waals surface area contributed by atoms with Gasteiger partial charge in [0.05, 0.1) is 20.8 Å². The van der Waals surface area contributed by atoms with Crippen LogP contribution in [0.2, 0.25) is 0 Å². The molecule has 2 rings (SSSR count). The lowest BCUT2D eigenvalue weighted by molar-refractivity contribution is 0.146. The highest BCUT2D eigenvalue weighted by molar-refractivity contribution is 5.41. The van der Waals surface area contributed by atoms with Crippen LogP contribution in [0.15, 0.2) is 18.2 Å². The van der Waals surface area contributed by atoms with Gasteiger partial charge in [-0.2, -0.15) is 5.10 Å². The summed E-state index contributed by atoms with van der Waals surface area (Å²) in [6, 6.07) is 5.33. The molecule has 0 aliphatic carbocycles. The van der Waals surface area contributed by atoms with Gasteiger partial charge in [-0.1, -0.05) is 0 Å². The maximum Gasteiger partial charge on any atom is 0.147 e. The molecule has 1 aromatic carbocycles. The Hall–Kier alpha value is -2.08. The van der Waals surface area contributed by atoms with Gasteiger partial charge >= 0.3 is 0 Å². The minimum Gasteiger partial charge on any atom is -0.497 e. The van der Waals surface area contributed by atoms with Gasteiger partial charge in [-0.15, -0.1) is 0 Å². The van der Waals surface area contributed by atoms with E-state index in [4.69, 9.17) is 9.47 Å². The van der Waals surface area contributed by atoms with Crippen molar-refractivity contribution in [2.45, 2.75) is 26.5 Å². The molecule has 1 aromatic heterocycles. The van der Waals surface area contributed by atoms with Crippen LogP contribution in [0.25, 0.3) is 0 Å². The van der Waals surface area contributed by atoms with E-state index in [-0.39, 0.29) is 0 Å². The predicted molar refractivity (Wildman–Crippen MR) is 74.0 cm³/mol. The van der Waals surface area contributed by atoms with Gasteiger partial charge in [0.15, 0.2) is 0 Å². The molecule has 0 radical (unpaired) electrons. The summed E-state index contributed by atoms with van der Waals surface area (Å²) in [6.07, 6.45) is -0.750. The van der Waals surface area contributed by atoms with Crippen molar-refractivity contribution in [1.29, 1.82) is 0 Å². The van der Waals surface area contributed by atoms with Crippen molar-refractivity contribution < 1.29 is 14.6 Å². The van der Waals surface area contributed by atoms with Crippen LogP contribution in [-0.4, -0.2) is 34.1 Å². The molecule has 0 amide bonds. The van der Waals surface area contributed by atoms with E-state index in [9.17, 15) is 5.11 Å². The number of hydrogen-bond donors (Lipinski definition) is 1. The molecule has 0 aliphatic heterocycles. The van der Waals surface area contributed by atoms with Crippen molar-refractivity contribution in [2.24, 2.45) is 0 Å². The van der Waals surface area contributed by atoms with Crippen LogP contribution in [0.3, 0.4) is 0 Å². The third kappa shape index (κ3) is 2.91. The summed E-state index contributed by atoms with van der Waals surface area (Å²) in [5, 5.41) is 14.7. The fourth-order valence-corrected chi connectivity index (χ4v) is 2.10. The molecule has 1 atom stereocenters. The zero-order valence-corrected chi connectivity index (χ0v) is 12.1. The largest absolute Gasteiger partial charge is 0.497 e. The molecule has 108 valence electrons. The van der Waals surface area contributed by atoms with Gasteiger partial charge in [-0.25, -0.2) is 9.67 Å². The summed E-state index contributed by atoms with van der Waals surface area (Å²) >= 11 is 0. The van der Waals surface area contributed by atoms with Crippen molar-refractivity contribution in [3.63, 3.8) is 0 Å². The Morgan fingerprint density at radius 1 is 1.25 bits per heavy atom. The molecule has 0 bridgehead atoms. The molecule has 0 saturated carbocycles. The van der Waals surface area contributed by atoms with Gasteiger partial charge in [0.25, 0.3) is 0 Å². The molecular formula is C14H19N3O3. The van der Waals surface area contributed by atoms with Crippen molar-refractivity contribution in [3.05, 3.63) is 35.4 Å². The Bertz CT molecular complexity index is 595. The van der Waals surface area contributed by atoms with Crippen LogP contribution in [-0.2, 0) is 6.54 Å². The number of aliphatic hydroxyl groups is 1. The van der Waals surface area contributed by atoms with Crippen LogP contribution in [0, 0.1) is 13.8 Å². The molecule has 0 fully saturated rings. The minimum atomic E-state index is -0.750. The third-order valence-electron chi connectivity index (χ3n) is 3.10. The molecule has 2 aromatic rings. The van der Waals surface area contributed by atoms with Crippen molar-refractivity contribution >= 4 is 0 Å². The first-order valence-corrected chi connectivity index (χ1v) is 6.33. The SMILES string of the molecule is COc1ccc(OC)c(C(O)Cn2nc(C)nc2C)c1. The predicted octanol–water partition coefficient (Wildman–Crippen LogP) is 1.65. The van der Waals surface area contributed by atoms with Gasteiger partial charge in [0, 0.05) is 5.56 Å². The molecule has 1 unspecified atom stereocenters. The normalized spacial score (nSPS) is 12.2. The van der Waals surface area contributed by atoms with E-state index >= 15 is 0 Å². The van der Waals surface area contributed by atoms with Crippen LogP contribution in [0.5, 0.6) is 11.5 Å². The lowest BCUT2D eigenvalue weighted by atomic mass is 10.1. The number of aryl methyl sites for hydroxylation is 2. The van der Waals surface area contributed by atoms with E-state index in [1.165, 1.54) is 0 Å². The summed E-state index contributed by atoms with van der Waals surface area (Å²) < 4.78 is 12.1. The molecule has 0 spiro atoms. The summed E-state index contributed by atoms with van der Waals surface area (Å²) in [4.78, 5) is 4.22. The van der Waals surface area contributed by atoms with E-state index in [0.29, 0.717) is 29.4 Å².